The topological polar surface area (TPSA) is 81.8 Å². The molecule has 3 aliphatic rings. The smallest absolute Gasteiger partial charge is 0.324 e. The largest absolute Gasteiger partial charge is 0.353 e. The number of nitrogens with one attached hydrogen (secondary N) is 2. The van der Waals surface area contributed by atoms with Crippen LogP contribution in [-0.2, 0) is 15.0 Å². The molecular weight excluding hydrogens is 392 g/mol. The van der Waals surface area contributed by atoms with Gasteiger partial charge in [-0.3, -0.25) is 14.5 Å². The van der Waals surface area contributed by atoms with E-state index in [0.29, 0.717) is 19.4 Å². The Morgan fingerprint density at radius 2 is 1.81 bits per heavy atom. The molecule has 7 heteroatoms. The maximum Gasteiger partial charge on any atom is 0.324 e. The van der Waals surface area contributed by atoms with Crippen LogP contribution in [0.4, 0.5) is 4.79 Å². The Bertz CT molecular complexity index is 767. The average molecular weight is 427 g/mol. The lowest BCUT2D eigenvalue weighted by atomic mass is 9.78. The second kappa shape index (κ2) is 9.81. The fourth-order valence-corrected chi connectivity index (χ4v) is 5.42. The van der Waals surface area contributed by atoms with Crippen LogP contribution in [-0.4, -0.2) is 66.4 Å². The Morgan fingerprint density at radius 3 is 2.45 bits per heavy atom. The van der Waals surface area contributed by atoms with Gasteiger partial charge in [0.2, 0.25) is 11.8 Å². The molecule has 4 rings (SSSR count). The van der Waals surface area contributed by atoms with Gasteiger partial charge in [0.05, 0.1) is 6.54 Å². The summed E-state index contributed by atoms with van der Waals surface area (Å²) >= 11 is 0. The standard InChI is InChI=1S/C24H34N4O3/c29-21(9-6-14-28-22(30)17-25-23(28)31)26-20-10-15-27(16-11-20)18-24(12-4-5-13-24)19-7-2-1-3-8-19/h1-3,7-8,20H,4-6,9-18H2,(H,25,31)(H,26,29). The van der Waals surface area contributed by atoms with Gasteiger partial charge in [0.25, 0.3) is 0 Å². The number of imide groups is 1. The fourth-order valence-electron chi connectivity index (χ4n) is 5.42. The Hall–Kier alpha value is -2.41. The van der Waals surface area contributed by atoms with E-state index in [2.05, 4.69) is 45.9 Å². The van der Waals surface area contributed by atoms with Crippen LogP contribution in [0.15, 0.2) is 30.3 Å². The third-order valence-electron chi connectivity index (χ3n) is 7.15. The molecule has 0 atom stereocenters. The Balaban J connectivity index is 1.19. The second-order valence-electron chi connectivity index (χ2n) is 9.28. The summed E-state index contributed by atoms with van der Waals surface area (Å²) in [7, 11) is 0. The highest BCUT2D eigenvalue weighted by molar-refractivity contribution is 6.01. The van der Waals surface area contributed by atoms with Crippen molar-refractivity contribution in [2.24, 2.45) is 0 Å². The number of likely N-dealkylation sites (tertiary alicyclic amines) is 1. The fraction of sp³-hybridized carbons (Fsp3) is 0.625. The van der Waals surface area contributed by atoms with Gasteiger partial charge in [-0.05, 0) is 37.7 Å². The van der Waals surface area contributed by atoms with Crippen LogP contribution in [0.1, 0.15) is 56.9 Å². The van der Waals surface area contributed by atoms with Gasteiger partial charge in [0.1, 0.15) is 0 Å². The summed E-state index contributed by atoms with van der Waals surface area (Å²) in [5, 5.41) is 5.65. The summed E-state index contributed by atoms with van der Waals surface area (Å²) < 4.78 is 0. The van der Waals surface area contributed by atoms with Gasteiger partial charge in [0, 0.05) is 44.1 Å². The van der Waals surface area contributed by atoms with Crippen molar-refractivity contribution in [3.63, 3.8) is 0 Å². The quantitative estimate of drug-likeness (QED) is 0.626. The third-order valence-corrected chi connectivity index (χ3v) is 7.15. The summed E-state index contributed by atoms with van der Waals surface area (Å²) in [5.41, 5.74) is 1.77. The Labute approximate surface area is 184 Å². The summed E-state index contributed by atoms with van der Waals surface area (Å²) in [4.78, 5) is 39.2. The number of piperidine rings is 1. The number of carbonyl (C=O) groups is 3. The van der Waals surface area contributed by atoms with Crippen molar-refractivity contribution in [2.75, 3.05) is 32.7 Å². The highest BCUT2D eigenvalue weighted by atomic mass is 16.2. The van der Waals surface area contributed by atoms with E-state index >= 15 is 0 Å². The first-order chi connectivity index (χ1) is 15.1. The first-order valence-electron chi connectivity index (χ1n) is 11.7. The van der Waals surface area contributed by atoms with Gasteiger partial charge in [-0.15, -0.1) is 0 Å². The molecule has 0 spiro atoms. The lowest BCUT2D eigenvalue weighted by Crippen LogP contribution is -2.48. The zero-order chi connectivity index (χ0) is 21.7. The number of urea groups is 1. The minimum absolute atomic E-state index is 0.0158. The zero-order valence-electron chi connectivity index (χ0n) is 18.3. The molecule has 7 nitrogen and oxygen atoms in total. The van der Waals surface area contributed by atoms with Gasteiger partial charge >= 0.3 is 6.03 Å². The molecule has 31 heavy (non-hydrogen) atoms. The normalized spacial score (nSPS) is 22.0. The van der Waals surface area contributed by atoms with E-state index in [1.165, 1.54) is 36.1 Å². The van der Waals surface area contributed by atoms with Gasteiger partial charge < -0.3 is 15.5 Å². The van der Waals surface area contributed by atoms with Crippen molar-refractivity contribution in [1.29, 1.82) is 0 Å². The van der Waals surface area contributed by atoms with E-state index < -0.39 is 0 Å². The SMILES string of the molecule is O=C(CCCN1C(=O)CNC1=O)NC1CCN(CC2(c3ccccc3)CCCC2)CC1. The van der Waals surface area contributed by atoms with E-state index in [-0.39, 0.29) is 35.8 Å². The molecule has 3 fully saturated rings. The van der Waals surface area contributed by atoms with E-state index in [4.69, 9.17) is 0 Å². The molecule has 1 saturated carbocycles. The summed E-state index contributed by atoms with van der Waals surface area (Å²) in [6.07, 6.45) is 7.96. The molecule has 1 aliphatic carbocycles. The highest BCUT2D eigenvalue weighted by Crippen LogP contribution is 2.42. The maximum absolute atomic E-state index is 12.3. The molecule has 1 aromatic carbocycles. The molecule has 2 heterocycles. The van der Waals surface area contributed by atoms with E-state index in [9.17, 15) is 14.4 Å². The lowest BCUT2D eigenvalue weighted by Gasteiger charge is -2.39. The van der Waals surface area contributed by atoms with Crippen LogP contribution in [0.5, 0.6) is 0 Å². The van der Waals surface area contributed by atoms with Crippen molar-refractivity contribution in [3.05, 3.63) is 35.9 Å². The number of hydrogen-bond acceptors (Lipinski definition) is 4. The van der Waals surface area contributed by atoms with Gasteiger partial charge in [0.15, 0.2) is 0 Å². The van der Waals surface area contributed by atoms with E-state index in [0.717, 1.165) is 32.5 Å². The van der Waals surface area contributed by atoms with Crippen LogP contribution in [0.25, 0.3) is 0 Å². The molecule has 2 aliphatic heterocycles. The van der Waals surface area contributed by atoms with Crippen molar-refractivity contribution in [1.82, 2.24) is 20.4 Å². The molecule has 1 aromatic rings. The van der Waals surface area contributed by atoms with Crippen LogP contribution >= 0.6 is 0 Å². The van der Waals surface area contributed by atoms with Crippen LogP contribution in [0, 0.1) is 0 Å². The minimum Gasteiger partial charge on any atom is -0.353 e. The number of carbonyl (C=O) groups excluding carboxylic acids is 3. The van der Waals surface area contributed by atoms with E-state index in [1.54, 1.807) is 0 Å². The highest BCUT2D eigenvalue weighted by Gasteiger charge is 2.38. The van der Waals surface area contributed by atoms with Crippen molar-refractivity contribution in [2.45, 2.75) is 62.8 Å². The number of amides is 4. The van der Waals surface area contributed by atoms with Crippen LogP contribution < -0.4 is 10.6 Å². The molecule has 0 radical (unpaired) electrons. The molecule has 2 saturated heterocycles. The second-order valence-corrected chi connectivity index (χ2v) is 9.28. The number of benzene rings is 1. The Kier molecular flexibility index (Phi) is 6.90. The number of rotatable bonds is 8. The summed E-state index contributed by atoms with van der Waals surface area (Å²) in [6.45, 7) is 3.51. The monoisotopic (exact) mass is 426 g/mol. The molecule has 168 valence electrons. The molecule has 4 amide bonds. The predicted molar refractivity (Wildman–Crippen MR) is 119 cm³/mol. The maximum atomic E-state index is 12.3. The lowest BCUT2D eigenvalue weighted by molar-refractivity contribution is -0.126. The van der Waals surface area contributed by atoms with Crippen LogP contribution in [0.3, 0.4) is 0 Å². The minimum atomic E-state index is -0.353. The zero-order valence-corrected chi connectivity index (χ0v) is 18.3. The van der Waals surface area contributed by atoms with Gasteiger partial charge in [-0.25, -0.2) is 4.79 Å². The van der Waals surface area contributed by atoms with Gasteiger partial charge in [-0.1, -0.05) is 43.2 Å². The molecule has 0 unspecified atom stereocenters. The first kappa shape index (κ1) is 21.8. The predicted octanol–water partition coefficient (Wildman–Crippen LogP) is 2.41. The third kappa shape index (κ3) is 5.26. The molecule has 2 N–H and O–H groups in total. The summed E-state index contributed by atoms with van der Waals surface area (Å²) in [6, 6.07) is 10.9. The van der Waals surface area contributed by atoms with Crippen molar-refractivity contribution in [3.8, 4) is 0 Å². The number of nitrogens with zero attached hydrogens (tertiary/aromatic N) is 2. The Morgan fingerprint density at radius 1 is 1.10 bits per heavy atom. The molecule has 0 bridgehead atoms. The first-order valence-corrected chi connectivity index (χ1v) is 11.7. The van der Waals surface area contributed by atoms with Crippen molar-refractivity contribution < 1.29 is 14.4 Å². The van der Waals surface area contributed by atoms with Gasteiger partial charge in [-0.2, -0.15) is 0 Å². The van der Waals surface area contributed by atoms with Crippen LogP contribution in [0.2, 0.25) is 0 Å². The van der Waals surface area contributed by atoms with Crippen molar-refractivity contribution >= 4 is 17.8 Å². The number of hydrogen-bond donors (Lipinski definition) is 2. The van der Waals surface area contributed by atoms with E-state index in [1.807, 2.05) is 0 Å². The summed E-state index contributed by atoms with van der Waals surface area (Å²) in [5.74, 6) is -0.199. The molecular formula is C24H34N4O3. The molecule has 0 aromatic heterocycles. The average Bonchev–Trinajstić information content (AvgIpc) is 3.38.